The second-order valence-corrected chi connectivity index (χ2v) is 4.53. The van der Waals surface area contributed by atoms with E-state index in [1.165, 1.54) is 11.8 Å². The van der Waals surface area contributed by atoms with Crippen LogP contribution in [0.3, 0.4) is 0 Å². The lowest BCUT2D eigenvalue weighted by molar-refractivity contribution is 0.784. The van der Waals surface area contributed by atoms with Crippen molar-refractivity contribution in [2.75, 3.05) is 0 Å². The number of aryl methyl sites for hydroxylation is 1. The monoisotopic (exact) mass is 235 g/mol. The van der Waals surface area contributed by atoms with Gasteiger partial charge in [0.2, 0.25) is 0 Å². The number of nitrogens with two attached hydrogens (primary N) is 1. The maximum Gasteiger partial charge on any atom is 0.197 e. The smallest absolute Gasteiger partial charge is 0.197 e. The first-order chi connectivity index (χ1) is 7.66. The summed E-state index contributed by atoms with van der Waals surface area (Å²) in [7, 11) is 1.90. The Balaban J connectivity index is 2.22. The molecule has 0 fully saturated rings. The molecule has 0 amide bonds. The van der Waals surface area contributed by atoms with E-state index in [1.54, 1.807) is 12.5 Å². The number of rotatable bonds is 3. The van der Waals surface area contributed by atoms with Gasteiger partial charge in [-0.1, -0.05) is 0 Å². The van der Waals surface area contributed by atoms with Crippen LogP contribution in [0.25, 0.3) is 0 Å². The second kappa shape index (κ2) is 4.63. The minimum absolute atomic E-state index is 0.0156. The van der Waals surface area contributed by atoms with E-state index in [1.807, 2.05) is 30.7 Å². The first kappa shape index (κ1) is 11.1. The highest BCUT2D eigenvalue weighted by atomic mass is 32.2. The van der Waals surface area contributed by atoms with Gasteiger partial charge in [0.1, 0.15) is 11.4 Å². The molecule has 84 valence electrons. The number of nitrogens with zero attached hydrogens (tertiary/aromatic N) is 4. The molecule has 2 heterocycles. The predicted octanol–water partition coefficient (Wildman–Crippen LogP) is 1.38. The van der Waals surface area contributed by atoms with Crippen molar-refractivity contribution >= 4 is 11.8 Å². The van der Waals surface area contributed by atoms with E-state index in [0.717, 1.165) is 15.7 Å². The van der Waals surface area contributed by atoms with Gasteiger partial charge in [-0.15, -0.1) is 10.2 Å². The van der Waals surface area contributed by atoms with Crippen LogP contribution < -0.4 is 5.73 Å². The van der Waals surface area contributed by atoms with Crippen molar-refractivity contribution in [2.24, 2.45) is 12.8 Å². The Kier molecular flexibility index (Phi) is 3.21. The molecule has 0 bridgehead atoms. The van der Waals surface area contributed by atoms with E-state index in [9.17, 15) is 0 Å². The third-order valence-electron chi connectivity index (χ3n) is 2.15. The van der Waals surface area contributed by atoms with Crippen LogP contribution in [0.2, 0.25) is 0 Å². The van der Waals surface area contributed by atoms with Gasteiger partial charge in [-0.05, 0) is 36.4 Å². The zero-order valence-corrected chi connectivity index (χ0v) is 9.98. The van der Waals surface area contributed by atoms with Crippen LogP contribution in [0.1, 0.15) is 18.5 Å². The highest BCUT2D eigenvalue weighted by Crippen LogP contribution is 2.24. The van der Waals surface area contributed by atoms with Gasteiger partial charge in [-0.3, -0.25) is 0 Å². The molecular weight excluding hydrogens is 222 g/mol. The molecule has 5 nitrogen and oxygen atoms in total. The molecule has 0 aliphatic rings. The molecule has 0 aliphatic carbocycles. The molecule has 1 atom stereocenters. The number of hydrogen-bond acceptors (Lipinski definition) is 5. The first-order valence-corrected chi connectivity index (χ1v) is 5.72. The minimum atomic E-state index is 0.0156. The molecule has 2 N–H and O–H groups in total. The fourth-order valence-corrected chi connectivity index (χ4v) is 2.00. The zero-order chi connectivity index (χ0) is 11.5. The molecule has 16 heavy (non-hydrogen) atoms. The highest BCUT2D eigenvalue weighted by molar-refractivity contribution is 7.99. The third-order valence-corrected chi connectivity index (χ3v) is 3.14. The van der Waals surface area contributed by atoms with Gasteiger partial charge in [0.05, 0.1) is 0 Å². The lowest BCUT2D eigenvalue weighted by Gasteiger charge is -2.06. The second-order valence-electron chi connectivity index (χ2n) is 3.54. The molecule has 2 aromatic rings. The van der Waals surface area contributed by atoms with E-state index < -0.39 is 0 Å². The van der Waals surface area contributed by atoms with Crippen molar-refractivity contribution in [3.05, 3.63) is 30.2 Å². The summed E-state index contributed by atoms with van der Waals surface area (Å²) < 4.78 is 1.85. The summed E-state index contributed by atoms with van der Waals surface area (Å²) in [4.78, 5) is 4.26. The summed E-state index contributed by atoms with van der Waals surface area (Å²) in [5.74, 6) is 0. The Morgan fingerprint density at radius 2 is 2.31 bits per heavy atom. The van der Waals surface area contributed by atoms with Crippen LogP contribution in [0, 0.1) is 0 Å². The van der Waals surface area contributed by atoms with Gasteiger partial charge in [0.15, 0.2) is 5.16 Å². The fraction of sp³-hybridized carbons (Fsp3) is 0.300. The van der Waals surface area contributed by atoms with Crippen molar-refractivity contribution in [1.82, 2.24) is 19.7 Å². The van der Waals surface area contributed by atoms with E-state index in [0.29, 0.717) is 0 Å². The number of hydrogen-bond donors (Lipinski definition) is 1. The summed E-state index contributed by atoms with van der Waals surface area (Å²) in [5, 5.41) is 9.50. The molecule has 0 saturated carbocycles. The van der Waals surface area contributed by atoms with Crippen molar-refractivity contribution in [2.45, 2.75) is 23.1 Å². The van der Waals surface area contributed by atoms with E-state index >= 15 is 0 Å². The van der Waals surface area contributed by atoms with Crippen molar-refractivity contribution in [3.63, 3.8) is 0 Å². The maximum absolute atomic E-state index is 5.82. The molecular formula is C10H13N5S. The predicted molar refractivity (Wildman–Crippen MR) is 62.0 cm³/mol. The molecule has 1 unspecified atom stereocenters. The molecule has 0 saturated heterocycles. The van der Waals surface area contributed by atoms with Gasteiger partial charge >= 0.3 is 0 Å². The normalized spacial score (nSPS) is 12.7. The highest BCUT2D eigenvalue weighted by Gasteiger charge is 2.06. The summed E-state index contributed by atoms with van der Waals surface area (Å²) in [6, 6.07) is 3.91. The maximum atomic E-state index is 5.82. The summed E-state index contributed by atoms with van der Waals surface area (Å²) in [6.45, 7) is 1.95. The Morgan fingerprint density at radius 3 is 2.94 bits per heavy atom. The summed E-state index contributed by atoms with van der Waals surface area (Å²) in [6.07, 6.45) is 3.43. The summed E-state index contributed by atoms with van der Waals surface area (Å²) in [5.41, 5.74) is 6.88. The van der Waals surface area contributed by atoms with Crippen LogP contribution in [0.5, 0.6) is 0 Å². The van der Waals surface area contributed by atoms with Gasteiger partial charge in [-0.2, -0.15) is 0 Å². The minimum Gasteiger partial charge on any atom is -0.324 e. The van der Waals surface area contributed by atoms with Crippen LogP contribution >= 0.6 is 11.8 Å². The molecule has 0 aliphatic heterocycles. The van der Waals surface area contributed by atoms with Gasteiger partial charge in [-0.25, -0.2) is 4.98 Å². The molecule has 0 spiro atoms. The fourth-order valence-electron chi connectivity index (χ4n) is 1.22. The number of aromatic nitrogens is 4. The third kappa shape index (κ3) is 2.40. The van der Waals surface area contributed by atoms with Crippen LogP contribution in [0.15, 0.2) is 34.8 Å². The van der Waals surface area contributed by atoms with Crippen LogP contribution in [0.4, 0.5) is 0 Å². The van der Waals surface area contributed by atoms with E-state index in [-0.39, 0.29) is 6.04 Å². The average Bonchev–Trinajstić information content (AvgIpc) is 2.65. The molecule has 0 radical (unpaired) electrons. The largest absolute Gasteiger partial charge is 0.324 e. The van der Waals surface area contributed by atoms with Crippen molar-refractivity contribution < 1.29 is 0 Å². The Hall–Kier alpha value is -1.40. The van der Waals surface area contributed by atoms with Crippen LogP contribution in [-0.2, 0) is 7.05 Å². The Bertz CT molecular complexity index is 480. The average molecular weight is 235 g/mol. The Morgan fingerprint density at radius 1 is 1.50 bits per heavy atom. The van der Waals surface area contributed by atoms with Gasteiger partial charge in [0, 0.05) is 19.3 Å². The molecule has 0 aromatic carbocycles. The number of pyridine rings is 1. The van der Waals surface area contributed by atoms with Crippen LogP contribution in [-0.4, -0.2) is 19.7 Å². The van der Waals surface area contributed by atoms with Gasteiger partial charge in [0.25, 0.3) is 0 Å². The van der Waals surface area contributed by atoms with E-state index in [2.05, 4.69) is 15.2 Å². The van der Waals surface area contributed by atoms with Gasteiger partial charge < -0.3 is 10.3 Å². The van der Waals surface area contributed by atoms with E-state index in [4.69, 9.17) is 5.73 Å². The lowest BCUT2D eigenvalue weighted by Crippen LogP contribution is -2.05. The van der Waals surface area contributed by atoms with Crippen molar-refractivity contribution in [1.29, 1.82) is 0 Å². The molecule has 6 heteroatoms. The summed E-state index contributed by atoms with van der Waals surface area (Å²) >= 11 is 1.48. The standard InChI is InChI=1S/C10H13N5S/c1-7(11)8-3-4-12-9(5-8)16-10-14-13-6-15(10)2/h3-7H,11H2,1-2H3. The topological polar surface area (TPSA) is 69.6 Å². The quantitative estimate of drug-likeness (QED) is 0.870. The first-order valence-electron chi connectivity index (χ1n) is 4.90. The Labute approximate surface area is 98.1 Å². The molecule has 2 rings (SSSR count). The molecule has 2 aromatic heterocycles. The zero-order valence-electron chi connectivity index (χ0n) is 9.16. The SMILES string of the molecule is CC(N)c1ccnc(Sc2nncn2C)c1. The van der Waals surface area contributed by atoms with Crippen molar-refractivity contribution in [3.8, 4) is 0 Å². The lowest BCUT2D eigenvalue weighted by atomic mass is 10.1.